The van der Waals surface area contributed by atoms with Gasteiger partial charge >= 0.3 is 5.97 Å². The molecule has 0 fully saturated rings. The lowest BCUT2D eigenvalue weighted by molar-refractivity contribution is -0.0492. The summed E-state index contributed by atoms with van der Waals surface area (Å²) in [5.74, 6) is 0.183. The van der Waals surface area contributed by atoms with Crippen molar-refractivity contribution in [1.29, 1.82) is 0 Å². The zero-order chi connectivity index (χ0) is 10.3. The first-order valence-corrected chi connectivity index (χ1v) is 4.63. The number of carbonyl (C=O) groups is 1. The molecule has 1 aromatic carbocycles. The summed E-state index contributed by atoms with van der Waals surface area (Å²) in [6.07, 6.45) is -0.533. The van der Waals surface area contributed by atoms with Crippen molar-refractivity contribution in [1.82, 2.24) is 0 Å². The molecule has 2 rings (SSSR count). The summed E-state index contributed by atoms with van der Waals surface area (Å²) in [6, 6.07) is 3.31. The number of cyclic esters (lactones) is 1. The second kappa shape index (κ2) is 3.17. The summed E-state index contributed by atoms with van der Waals surface area (Å²) in [5.41, 5.74) is 1.24. The van der Waals surface area contributed by atoms with Crippen molar-refractivity contribution in [2.24, 2.45) is 0 Å². The first kappa shape index (κ1) is 9.34. The smallest absolute Gasteiger partial charge is 0.345 e. The number of hydrogen-bond acceptors (Lipinski definition) is 3. The van der Waals surface area contributed by atoms with Crippen LogP contribution in [0.25, 0.3) is 0 Å². The van der Waals surface area contributed by atoms with Gasteiger partial charge in [0.05, 0.1) is 0 Å². The van der Waals surface area contributed by atoms with Crippen LogP contribution in [0.4, 0.5) is 0 Å². The summed E-state index contributed by atoms with van der Waals surface area (Å²) in [7, 11) is 0. The van der Waals surface area contributed by atoms with Gasteiger partial charge in [0.1, 0.15) is 11.3 Å². The standard InChI is InChI=1S/C10H9ClO3/c1-5-3-7(11)4-8-9(5)13-6(2)14-10(8)12/h3-4,6H,1-2H3/t6-/m0/s1. The average molecular weight is 213 g/mol. The Kier molecular flexibility index (Phi) is 2.11. The quantitative estimate of drug-likeness (QED) is 0.620. The predicted molar refractivity (Wildman–Crippen MR) is 51.7 cm³/mol. The number of aryl methyl sites for hydroxylation is 1. The minimum Gasteiger partial charge on any atom is -0.454 e. The van der Waals surface area contributed by atoms with E-state index < -0.39 is 6.29 Å². The minimum atomic E-state index is -0.533. The highest BCUT2D eigenvalue weighted by Crippen LogP contribution is 2.32. The van der Waals surface area contributed by atoms with Gasteiger partial charge < -0.3 is 9.47 Å². The van der Waals surface area contributed by atoms with E-state index in [-0.39, 0.29) is 5.97 Å². The summed E-state index contributed by atoms with van der Waals surface area (Å²) >= 11 is 5.82. The molecule has 74 valence electrons. The third kappa shape index (κ3) is 1.44. The topological polar surface area (TPSA) is 35.5 Å². The van der Waals surface area contributed by atoms with E-state index in [1.807, 2.05) is 6.92 Å². The lowest BCUT2D eigenvalue weighted by Gasteiger charge is -2.24. The molecule has 0 amide bonds. The average Bonchev–Trinajstić information content (AvgIpc) is 2.07. The van der Waals surface area contributed by atoms with Crippen LogP contribution in [0.15, 0.2) is 12.1 Å². The van der Waals surface area contributed by atoms with Gasteiger partial charge in [-0.25, -0.2) is 4.79 Å². The Hall–Kier alpha value is -1.22. The van der Waals surface area contributed by atoms with E-state index >= 15 is 0 Å². The molecule has 0 saturated carbocycles. The largest absolute Gasteiger partial charge is 0.454 e. The third-order valence-corrected chi connectivity index (χ3v) is 2.23. The maximum Gasteiger partial charge on any atom is 0.345 e. The molecule has 1 aliphatic rings. The van der Waals surface area contributed by atoms with Crippen LogP contribution in [-0.4, -0.2) is 12.3 Å². The molecule has 0 spiro atoms. The Morgan fingerprint density at radius 1 is 1.36 bits per heavy atom. The maximum absolute atomic E-state index is 11.4. The van der Waals surface area contributed by atoms with Gasteiger partial charge in [-0.15, -0.1) is 0 Å². The van der Waals surface area contributed by atoms with Gasteiger partial charge in [-0.1, -0.05) is 11.6 Å². The fourth-order valence-corrected chi connectivity index (χ4v) is 1.71. The fourth-order valence-electron chi connectivity index (χ4n) is 1.44. The van der Waals surface area contributed by atoms with E-state index in [1.165, 1.54) is 0 Å². The van der Waals surface area contributed by atoms with Crippen LogP contribution in [0.2, 0.25) is 5.02 Å². The Morgan fingerprint density at radius 3 is 2.79 bits per heavy atom. The zero-order valence-corrected chi connectivity index (χ0v) is 8.59. The van der Waals surface area contributed by atoms with Crippen LogP contribution < -0.4 is 4.74 Å². The normalized spacial score (nSPS) is 19.6. The van der Waals surface area contributed by atoms with Crippen LogP contribution in [0.3, 0.4) is 0 Å². The van der Waals surface area contributed by atoms with Crippen molar-refractivity contribution < 1.29 is 14.3 Å². The molecule has 0 radical (unpaired) electrons. The molecule has 0 unspecified atom stereocenters. The number of halogens is 1. The highest BCUT2D eigenvalue weighted by molar-refractivity contribution is 6.31. The number of benzene rings is 1. The SMILES string of the molecule is Cc1cc(Cl)cc2c1O[C@H](C)OC2=O. The molecule has 4 heteroatoms. The van der Waals surface area contributed by atoms with Crippen molar-refractivity contribution in [3.8, 4) is 5.75 Å². The molecule has 0 saturated heterocycles. The van der Waals surface area contributed by atoms with Crippen LogP contribution in [0.5, 0.6) is 5.75 Å². The molecule has 3 nitrogen and oxygen atoms in total. The number of hydrogen-bond donors (Lipinski definition) is 0. The number of carbonyl (C=O) groups excluding carboxylic acids is 1. The second-order valence-corrected chi connectivity index (χ2v) is 3.63. The van der Waals surface area contributed by atoms with Crippen molar-refractivity contribution in [3.63, 3.8) is 0 Å². The van der Waals surface area contributed by atoms with Crippen LogP contribution in [-0.2, 0) is 4.74 Å². The molecule has 1 aromatic rings. The highest BCUT2D eigenvalue weighted by Gasteiger charge is 2.26. The summed E-state index contributed by atoms with van der Waals surface area (Å²) in [6.45, 7) is 3.52. The van der Waals surface area contributed by atoms with Gasteiger partial charge in [-0.2, -0.15) is 0 Å². The monoisotopic (exact) mass is 212 g/mol. The van der Waals surface area contributed by atoms with E-state index in [2.05, 4.69) is 0 Å². The van der Waals surface area contributed by atoms with E-state index in [9.17, 15) is 4.79 Å². The van der Waals surface area contributed by atoms with Crippen LogP contribution in [0, 0.1) is 6.92 Å². The first-order valence-electron chi connectivity index (χ1n) is 4.25. The number of rotatable bonds is 0. The lowest BCUT2D eigenvalue weighted by atomic mass is 10.1. The summed E-state index contributed by atoms with van der Waals surface area (Å²) in [5, 5.41) is 0.511. The molecular weight excluding hydrogens is 204 g/mol. The summed E-state index contributed by atoms with van der Waals surface area (Å²) in [4.78, 5) is 11.4. The van der Waals surface area contributed by atoms with E-state index in [0.29, 0.717) is 16.3 Å². The number of fused-ring (bicyclic) bond motifs is 1. The highest BCUT2D eigenvalue weighted by atomic mass is 35.5. The van der Waals surface area contributed by atoms with Crippen molar-refractivity contribution in [2.75, 3.05) is 0 Å². The lowest BCUT2D eigenvalue weighted by Crippen LogP contribution is -2.27. The number of esters is 1. The van der Waals surface area contributed by atoms with E-state index in [4.69, 9.17) is 21.1 Å². The molecular formula is C10H9ClO3. The number of ether oxygens (including phenoxy) is 2. The molecule has 1 heterocycles. The van der Waals surface area contributed by atoms with Gasteiger partial charge in [0.25, 0.3) is 0 Å². The van der Waals surface area contributed by atoms with Gasteiger partial charge in [-0.05, 0) is 24.6 Å². The van der Waals surface area contributed by atoms with Crippen molar-refractivity contribution in [2.45, 2.75) is 20.1 Å². The van der Waals surface area contributed by atoms with Crippen molar-refractivity contribution in [3.05, 3.63) is 28.3 Å². The van der Waals surface area contributed by atoms with Gasteiger partial charge in [-0.3, -0.25) is 0 Å². The summed E-state index contributed by atoms with van der Waals surface area (Å²) < 4.78 is 10.3. The Morgan fingerprint density at radius 2 is 2.07 bits per heavy atom. The zero-order valence-electron chi connectivity index (χ0n) is 7.83. The second-order valence-electron chi connectivity index (χ2n) is 3.19. The van der Waals surface area contributed by atoms with Gasteiger partial charge in [0.15, 0.2) is 0 Å². The van der Waals surface area contributed by atoms with Crippen LogP contribution >= 0.6 is 11.6 Å². The van der Waals surface area contributed by atoms with Crippen LogP contribution in [0.1, 0.15) is 22.8 Å². The predicted octanol–water partition coefficient (Wildman–Crippen LogP) is 2.54. The molecule has 0 aliphatic carbocycles. The Balaban J connectivity index is 2.59. The molecule has 1 atom stereocenters. The Labute approximate surface area is 86.6 Å². The van der Waals surface area contributed by atoms with E-state index in [1.54, 1.807) is 19.1 Å². The van der Waals surface area contributed by atoms with Crippen molar-refractivity contribution >= 4 is 17.6 Å². The fraction of sp³-hybridized carbons (Fsp3) is 0.300. The minimum absolute atomic E-state index is 0.385. The molecule has 0 bridgehead atoms. The molecule has 1 aliphatic heterocycles. The Bertz CT molecular complexity index is 401. The third-order valence-electron chi connectivity index (χ3n) is 2.02. The maximum atomic E-state index is 11.4. The van der Waals surface area contributed by atoms with Gasteiger partial charge in [0.2, 0.25) is 6.29 Å². The molecule has 0 N–H and O–H groups in total. The molecule has 0 aromatic heterocycles. The van der Waals surface area contributed by atoms with E-state index in [0.717, 1.165) is 5.56 Å². The molecule has 14 heavy (non-hydrogen) atoms. The first-order chi connectivity index (χ1) is 6.58. The van der Waals surface area contributed by atoms with Gasteiger partial charge in [0, 0.05) is 11.9 Å².